The van der Waals surface area contributed by atoms with Gasteiger partial charge in [0.2, 0.25) is 0 Å². The topological polar surface area (TPSA) is 71.3 Å². The predicted octanol–water partition coefficient (Wildman–Crippen LogP) is 4.57. The largest absolute Gasteiger partial charge is 0.335 e. The Morgan fingerprint density at radius 3 is 2.71 bits per heavy atom. The van der Waals surface area contributed by atoms with E-state index in [4.69, 9.17) is 5.10 Å². The molecule has 1 aliphatic rings. The van der Waals surface area contributed by atoms with Crippen molar-refractivity contribution in [3.63, 3.8) is 0 Å². The summed E-state index contributed by atoms with van der Waals surface area (Å²) < 4.78 is 1.83. The van der Waals surface area contributed by atoms with Crippen LogP contribution in [0, 0.1) is 0 Å². The quantitative estimate of drug-likeness (QED) is 0.492. The van der Waals surface area contributed by atoms with Crippen LogP contribution in [-0.2, 0) is 0 Å². The van der Waals surface area contributed by atoms with E-state index in [-0.39, 0.29) is 12.1 Å². The molecule has 144 valence electrons. The van der Waals surface area contributed by atoms with Crippen LogP contribution in [0.25, 0.3) is 16.3 Å². The zero-order valence-corrected chi connectivity index (χ0v) is 16.4. The summed E-state index contributed by atoms with van der Waals surface area (Å²) in [6, 6.07) is 14.0. The number of hydrogen-bond acceptors (Lipinski definition) is 4. The van der Waals surface area contributed by atoms with Crippen LogP contribution < -0.4 is 10.7 Å². The first kappa shape index (κ1) is 18.4. The fraction of sp³-hybridized carbons (Fsp3) is 0.286. The summed E-state index contributed by atoms with van der Waals surface area (Å²) in [4.78, 5) is 13.1. The number of benzene rings is 1. The summed E-state index contributed by atoms with van der Waals surface area (Å²) in [7, 11) is 0. The van der Waals surface area contributed by atoms with Crippen LogP contribution in [0.4, 0.5) is 4.79 Å². The van der Waals surface area contributed by atoms with Gasteiger partial charge in [-0.3, -0.25) is 0 Å². The fourth-order valence-corrected chi connectivity index (χ4v) is 4.16. The Balaban J connectivity index is 1.49. The van der Waals surface area contributed by atoms with Crippen molar-refractivity contribution in [3.8, 4) is 16.3 Å². The molecule has 6 nitrogen and oxygen atoms in total. The second kappa shape index (κ2) is 8.84. The highest BCUT2D eigenvalue weighted by molar-refractivity contribution is 7.13. The summed E-state index contributed by atoms with van der Waals surface area (Å²) >= 11 is 1.62. The van der Waals surface area contributed by atoms with Crippen LogP contribution in [0.1, 0.15) is 37.7 Å². The van der Waals surface area contributed by atoms with Crippen molar-refractivity contribution in [2.75, 3.05) is 0 Å². The maximum Gasteiger partial charge on any atom is 0.335 e. The number of urea groups is 1. The van der Waals surface area contributed by atoms with E-state index in [2.05, 4.69) is 15.8 Å². The third-order valence-electron chi connectivity index (χ3n) is 4.83. The smallest absolute Gasteiger partial charge is 0.334 e. The molecule has 2 N–H and O–H groups in total. The van der Waals surface area contributed by atoms with E-state index in [0.717, 1.165) is 34.7 Å². The monoisotopic (exact) mass is 393 g/mol. The lowest BCUT2D eigenvalue weighted by Gasteiger charge is -2.22. The standard InChI is InChI=1S/C21H23N5OS/c27-21(23-17-8-3-1-4-9-17)24-22-14-16-15-26(18-10-5-2-6-11-18)25-20(16)19-12-7-13-28-19/h2,5-7,10-15,17H,1,3-4,8-9H2,(H2,23,24,27)/b22-14+. The molecule has 2 amide bonds. The number of nitrogens with one attached hydrogen (secondary N) is 2. The lowest BCUT2D eigenvalue weighted by Crippen LogP contribution is -2.41. The molecule has 1 aromatic carbocycles. The second-order valence-electron chi connectivity index (χ2n) is 6.87. The molecule has 0 unspecified atom stereocenters. The average Bonchev–Trinajstić information content (AvgIpc) is 3.39. The average molecular weight is 394 g/mol. The van der Waals surface area contributed by atoms with Crippen LogP contribution in [0.2, 0.25) is 0 Å². The van der Waals surface area contributed by atoms with Gasteiger partial charge in [0, 0.05) is 17.8 Å². The Bertz CT molecular complexity index is 927. The van der Waals surface area contributed by atoms with Gasteiger partial charge in [0.1, 0.15) is 5.69 Å². The molecule has 7 heteroatoms. The zero-order valence-electron chi connectivity index (χ0n) is 15.5. The maximum atomic E-state index is 12.1. The number of para-hydroxylation sites is 1. The van der Waals surface area contributed by atoms with Crippen molar-refractivity contribution in [1.82, 2.24) is 20.5 Å². The molecule has 0 spiro atoms. The van der Waals surface area contributed by atoms with Crippen LogP contribution in [-0.4, -0.2) is 28.1 Å². The van der Waals surface area contributed by atoms with Crippen molar-refractivity contribution in [2.45, 2.75) is 38.1 Å². The molecular weight excluding hydrogens is 370 g/mol. The number of nitrogens with zero attached hydrogens (tertiary/aromatic N) is 3. The summed E-state index contributed by atoms with van der Waals surface area (Å²) in [5, 5.41) is 13.9. The minimum atomic E-state index is -0.253. The maximum absolute atomic E-state index is 12.1. The highest BCUT2D eigenvalue weighted by Gasteiger charge is 2.15. The van der Waals surface area contributed by atoms with Gasteiger partial charge in [0.15, 0.2) is 0 Å². The highest BCUT2D eigenvalue weighted by atomic mass is 32.1. The van der Waals surface area contributed by atoms with Gasteiger partial charge in [0.25, 0.3) is 0 Å². The molecule has 0 bridgehead atoms. The molecule has 1 saturated carbocycles. The molecule has 0 atom stereocenters. The van der Waals surface area contributed by atoms with Crippen molar-refractivity contribution in [2.24, 2.45) is 5.10 Å². The van der Waals surface area contributed by atoms with E-state index < -0.39 is 0 Å². The number of carbonyl (C=O) groups is 1. The van der Waals surface area contributed by atoms with Gasteiger partial charge in [-0.25, -0.2) is 14.9 Å². The van der Waals surface area contributed by atoms with Gasteiger partial charge in [-0.15, -0.1) is 11.3 Å². The van der Waals surface area contributed by atoms with E-state index >= 15 is 0 Å². The first-order valence-electron chi connectivity index (χ1n) is 9.58. The highest BCUT2D eigenvalue weighted by Crippen LogP contribution is 2.26. The third kappa shape index (κ3) is 4.48. The van der Waals surface area contributed by atoms with Crippen molar-refractivity contribution < 1.29 is 4.79 Å². The molecule has 0 aliphatic heterocycles. The molecule has 2 aromatic heterocycles. The summed E-state index contributed by atoms with van der Waals surface area (Å²) in [6.45, 7) is 0. The number of hydrazone groups is 1. The first-order chi connectivity index (χ1) is 13.8. The number of carbonyl (C=O) groups excluding carboxylic acids is 1. The minimum absolute atomic E-state index is 0.253. The zero-order chi connectivity index (χ0) is 19.2. The van der Waals surface area contributed by atoms with Crippen LogP contribution >= 0.6 is 11.3 Å². The third-order valence-corrected chi connectivity index (χ3v) is 5.70. The summed E-state index contributed by atoms with van der Waals surface area (Å²) in [6.07, 6.45) is 9.28. The van der Waals surface area contributed by atoms with Gasteiger partial charge in [-0.1, -0.05) is 43.5 Å². The number of thiophene rings is 1. The van der Waals surface area contributed by atoms with Gasteiger partial charge in [0.05, 0.1) is 16.8 Å². The molecule has 1 fully saturated rings. The number of aromatic nitrogens is 2. The normalized spacial score (nSPS) is 15.0. The molecule has 4 rings (SSSR count). The molecule has 0 radical (unpaired) electrons. The Hall–Kier alpha value is -2.93. The molecule has 3 aromatic rings. The van der Waals surface area contributed by atoms with E-state index in [1.165, 1.54) is 19.3 Å². The summed E-state index contributed by atoms with van der Waals surface area (Å²) in [5.74, 6) is 0. The van der Waals surface area contributed by atoms with Gasteiger partial charge < -0.3 is 5.32 Å². The van der Waals surface area contributed by atoms with Crippen LogP contribution in [0.3, 0.4) is 0 Å². The number of amides is 2. The van der Waals surface area contributed by atoms with Gasteiger partial charge in [-0.2, -0.15) is 10.2 Å². The predicted molar refractivity (Wildman–Crippen MR) is 113 cm³/mol. The van der Waals surface area contributed by atoms with Gasteiger partial charge >= 0.3 is 6.03 Å². The number of rotatable bonds is 5. The van der Waals surface area contributed by atoms with E-state index in [0.29, 0.717) is 0 Å². The SMILES string of the molecule is O=C(N/N=C/c1cn(-c2ccccc2)nc1-c1cccs1)NC1CCCCC1. The first-order valence-corrected chi connectivity index (χ1v) is 10.5. The van der Waals surface area contributed by atoms with Crippen molar-refractivity contribution in [3.05, 3.63) is 59.6 Å². The van der Waals surface area contributed by atoms with Crippen molar-refractivity contribution >= 4 is 23.6 Å². The Morgan fingerprint density at radius 2 is 1.96 bits per heavy atom. The minimum Gasteiger partial charge on any atom is -0.334 e. The van der Waals surface area contributed by atoms with Gasteiger partial charge in [-0.05, 0) is 36.4 Å². The lowest BCUT2D eigenvalue weighted by atomic mass is 9.96. The molecule has 0 saturated heterocycles. The Kier molecular flexibility index (Phi) is 5.82. The van der Waals surface area contributed by atoms with Crippen molar-refractivity contribution in [1.29, 1.82) is 0 Å². The molecular formula is C21H23N5OS. The van der Waals surface area contributed by atoms with E-state index in [1.54, 1.807) is 17.6 Å². The fourth-order valence-electron chi connectivity index (χ4n) is 3.42. The molecule has 1 aliphatic carbocycles. The van der Waals surface area contributed by atoms with E-state index in [9.17, 15) is 4.79 Å². The van der Waals surface area contributed by atoms with E-state index in [1.807, 2.05) is 58.7 Å². The lowest BCUT2D eigenvalue weighted by molar-refractivity contribution is 0.233. The molecule has 2 heterocycles. The number of hydrogen-bond donors (Lipinski definition) is 2. The summed E-state index contributed by atoms with van der Waals surface area (Å²) in [5.41, 5.74) is 5.26. The Morgan fingerprint density at radius 1 is 1.14 bits per heavy atom. The van der Waals surface area contributed by atoms with Crippen LogP contribution in [0.15, 0.2) is 59.1 Å². The molecule has 28 heavy (non-hydrogen) atoms. The second-order valence-corrected chi connectivity index (χ2v) is 7.82. The van der Waals surface area contributed by atoms with Crippen LogP contribution in [0.5, 0.6) is 0 Å². The Labute approximate surface area is 168 Å².